The standard InChI is InChI=1S/C19H41S.C7H8O3S/c1-4-6-8-10-12-14-16-18-20(3)19-17-15-13-11-9-7-5-2;1-6-2-4-7(5-3-6)11(8,9)10/h4-19H2,1-3H3;2-5H,1H3,(H,8,9,10)/q+1;/p-1. The molecule has 0 radical (unpaired) electrons. The molecule has 0 saturated heterocycles. The first kappa shape index (κ1) is 30.5. The molecule has 5 heteroatoms. The molecule has 0 bridgehead atoms. The Hall–Kier alpha value is -0.520. The SMILES string of the molecule is CCCCCCCCC[S+](C)CCCCCCCCC.Cc1ccc(S(=O)(=O)[O-])cc1. The van der Waals surface area contributed by atoms with E-state index in [1.165, 1.54) is 114 Å². The lowest BCUT2D eigenvalue weighted by Gasteiger charge is -2.05. The number of aryl methyl sites for hydroxylation is 1. The normalized spacial score (nSPS) is 11.4. The van der Waals surface area contributed by atoms with E-state index in [1.54, 1.807) is 12.1 Å². The summed E-state index contributed by atoms with van der Waals surface area (Å²) in [5.74, 6) is 3.01. The maximum absolute atomic E-state index is 10.4. The first-order chi connectivity index (χ1) is 14.8. The van der Waals surface area contributed by atoms with Crippen LogP contribution in [0.5, 0.6) is 0 Å². The third-order valence-corrected chi connectivity index (χ3v) is 8.32. The third-order valence-electron chi connectivity index (χ3n) is 5.50. The highest BCUT2D eigenvalue weighted by Crippen LogP contribution is 2.11. The molecule has 0 saturated carbocycles. The molecule has 0 aromatic heterocycles. The summed E-state index contributed by atoms with van der Waals surface area (Å²) in [6.45, 7) is 6.42. The molecule has 0 aliphatic rings. The maximum Gasteiger partial charge on any atom is 0.124 e. The van der Waals surface area contributed by atoms with Crippen molar-refractivity contribution in [3.63, 3.8) is 0 Å². The van der Waals surface area contributed by atoms with Crippen molar-refractivity contribution in [2.75, 3.05) is 17.8 Å². The Balaban J connectivity index is 0.000000683. The second kappa shape index (κ2) is 20.1. The van der Waals surface area contributed by atoms with Gasteiger partial charge in [0.15, 0.2) is 0 Å². The summed E-state index contributed by atoms with van der Waals surface area (Å²) < 4.78 is 31.2. The van der Waals surface area contributed by atoms with Gasteiger partial charge in [-0.25, -0.2) is 8.42 Å². The van der Waals surface area contributed by atoms with Gasteiger partial charge in [-0.05, 0) is 55.6 Å². The molecule has 1 aromatic rings. The van der Waals surface area contributed by atoms with Crippen molar-refractivity contribution in [1.29, 1.82) is 0 Å². The topological polar surface area (TPSA) is 57.2 Å². The summed E-state index contributed by atoms with van der Waals surface area (Å²) in [6, 6.07) is 5.78. The quantitative estimate of drug-likeness (QED) is 0.133. The van der Waals surface area contributed by atoms with Crippen LogP contribution in [0.1, 0.15) is 109 Å². The summed E-state index contributed by atoms with van der Waals surface area (Å²) in [4.78, 5) is -0.178. The van der Waals surface area contributed by atoms with Crippen LogP contribution in [0.2, 0.25) is 0 Å². The van der Waals surface area contributed by atoms with Crippen molar-refractivity contribution in [2.24, 2.45) is 0 Å². The molecule has 0 spiro atoms. The molecule has 3 nitrogen and oxygen atoms in total. The zero-order valence-electron chi connectivity index (χ0n) is 20.7. The monoisotopic (exact) mass is 472 g/mol. The average molecular weight is 473 g/mol. The number of rotatable bonds is 17. The summed E-state index contributed by atoms with van der Waals surface area (Å²) >= 11 is 0. The van der Waals surface area contributed by atoms with Crippen molar-refractivity contribution < 1.29 is 13.0 Å². The predicted octanol–water partition coefficient (Wildman–Crippen LogP) is 7.63. The Morgan fingerprint density at radius 1 is 0.677 bits per heavy atom. The van der Waals surface area contributed by atoms with Gasteiger partial charge in [0.25, 0.3) is 0 Å². The first-order valence-electron chi connectivity index (χ1n) is 12.4. The minimum Gasteiger partial charge on any atom is -0.744 e. The van der Waals surface area contributed by atoms with Crippen molar-refractivity contribution in [2.45, 2.75) is 116 Å². The molecule has 0 aliphatic heterocycles. The largest absolute Gasteiger partial charge is 0.744 e. The lowest BCUT2D eigenvalue weighted by atomic mass is 10.1. The maximum atomic E-state index is 10.4. The smallest absolute Gasteiger partial charge is 0.124 e. The van der Waals surface area contributed by atoms with Gasteiger partial charge in [-0.3, -0.25) is 0 Å². The number of unbranched alkanes of at least 4 members (excludes halogenated alkanes) is 12. The molecular formula is C26H48O3S2. The Morgan fingerprint density at radius 2 is 1.03 bits per heavy atom. The van der Waals surface area contributed by atoms with Crippen LogP contribution in [-0.4, -0.2) is 30.7 Å². The zero-order chi connectivity index (χ0) is 23.4. The van der Waals surface area contributed by atoms with Crippen molar-refractivity contribution in [3.05, 3.63) is 29.8 Å². The van der Waals surface area contributed by atoms with Crippen molar-refractivity contribution >= 4 is 21.0 Å². The Labute approximate surface area is 196 Å². The fraction of sp³-hybridized carbons (Fsp3) is 0.769. The van der Waals surface area contributed by atoms with E-state index in [4.69, 9.17) is 0 Å². The molecule has 0 unspecified atom stereocenters. The van der Waals surface area contributed by atoms with E-state index in [0.717, 1.165) is 5.56 Å². The van der Waals surface area contributed by atoms with Gasteiger partial charge in [-0.1, -0.05) is 95.8 Å². The van der Waals surface area contributed by atoms with Gasteiger partial charge >= 0.3 is 0 Å². The average Bonchev–Trinajstić information content (AvgIpc) is 2.72. The Bertz CT molecular complexity index is 594. The van der Waals surface area contributed by atoms with E-state index >= 15 is 0 Å². The number of benzene rings is 1. The minimum atomic E-state index is -4.27. The van der Waals surface area contributed by atoms with E-state index in [-0.39, 0.29) is 4.90 Å². The number of hydrogen-bond donors (Lipinski definition) is 0. The highest BCUT2D eigenvalue weighted by molar-refractivity contribution is 7.96. The third kappa shape index (κ3) is 19.9. The summed E-state index contributed by atoms with van der Waals surface area (Å²) in [7, 11) is -3.56. The molecule has 0 aliphatic carbocycles. The Morgan fingerprint density at radius 3 is 1.39 bits per heavy atom. The van der Waals surface area contributed by atoms with Crippen molar-refractivity contribution in [3.8, 4) is 0 Å². The van der Waals surface area contributed by atoms with Crippen LogP contribution in [0.3, 0.4) is 0 Å². The molecule has 0 N–H and O–H groups in total. The lowest BCUT2D eigenvalue weighted by Crippen LogP contribution is -2.10. The van der Waals surface area contributed by atoms with Crippen LogP contribution in [-0.2, 0) is 21.0 Å². The molecule has 182 valence electrons. The van der Waals surface area contributed by atoms with Crippen LogP contribution >= 0.6 is 0 Å². The highest BCUT2D eigenvalue weighted by Gasteiger charge is 2.09. The van der Waals surface area contributed by atoms with Gasteiger partial charge in [0.05, 0.1) is 11.2 Å². The molecule has 0 amide bonds. The second-order valence-corrected chi connectivity index (χ2v) is 12.5. The van der Waals surface area contributed by atoms with Crippen LogP contribution in [0.15, 0.2) is 29.2 Å². The first-order valence-corrected chi connectivity index (χ1v) is 15.8. The van der Waals surface area contributed by atoms with Gasteiger partial charge in [-0.15, -0.1) is 0 Å². The summed E-state index contributed by atoms with van der Waals surface area (Å²) in [6.07, 6.45) is 22.9. The van der Waals surface area contributed by atoms with Gasteiger partial charge in [0, 0.05) is 0 Å². The van der Waals surface area contributed by atoms with Gasteiger partial charge in [-0.2, -0.15) is 0 Å². The molecule has 0 heterocycles. The summed E-state index contributed by atoms with van der Waals surface area (Å²) in [5, 5.41) is 0. The van der Waals surface area contributed by atoms with Gasteiger partial charge in [0.2, 0.25) is 0 Å². The zero-order valence-corrected chi connectivity index (χ0v) is 22.3. The number of hydrogen-bond acceptors (Lipinski definition) is 3. The van der Waals surface area contributed by atoms with Crippen LogP contribution in [0.25, 0.3) is 0 Å². The molecule has 1 rings (SSSR count). The van der Waals surface area contributed by atoms with E-state index in [0.29, 0.717) is 10.9 Å². The fourth-order valence-corrected chi connectivity index (χ4v) is 5.49. The van der Waals surface area contributed by atoms with E-state index in [2.05, 4.69) is 20.1 Å². The van der Waals surface area contributed by atoms with Gasteiger partial charge in [0.1, 0.15) is 21.6 Å². The molecule has 31 heavy (non-hydrogen) atoms. The van der Waals surface area contributed by atoms with Crippen LogP contribution in [0.4, 0.5) is 0 Å². The highest BCUT2D eigenvalue weighted by atomic mass is 32.2. The van der Waals surface area contributed by atoms with E-state index in [9.17, 15) is 13.0 Å². The fourth-order valence-electron chi connectivity index (χ4n) is 3.42. The summed E-state index contributed by atoms with van der Waals surface area (Å²) in [5.41, 5.74) is 0.928. The Kier molecular flexibility index (Phi) is 19.8. The molecule has 1 aromatic carbocycles. The van der Waals surface area contributed by atoms with Crippen LogP contribution < -0.4 is 0 Å². The molecule has 0 atom stereocenters. The van der Waals surface area contributed by atoms with Crippen molar-refractivity contribution in [1.82, 2.24) is 0 Å². The predicted molar refractivity (Wildman–Crippen MR) is 138 cm³/mol. The lowest BCUT2D eigenvalue weighted by molar-refractivity contribution is 0.463. The second-order valence-electron chi connectivity index (χ2n) is 8.70. The van der Waals surface area contributed by atoms with E-state index < -0.39 is 10.1 Å². The van der Waals surface area contributed by atoms with Crippen LogP contribution in [0, 0.1) is 6.92 Å². The minimum absolute atomic E-state index is 0.178. The molecular weight excluding hydrogens is 424 g/mol. The van der Waals surface area contributed by atoms with Gasteiger partial charge < -0.3 is 4.55 Å². The van der Waals surface area contributed by atoms with E-state index in [1.807, 2.05) is 6.92 Å². The molecule has 0 fully saturated rings.